The molecule has 0 bridgehead atoms. The van der Waals surface area contributed by atoms with Crippen molar-refractivity contribution < 1.29 is 13.2 Å². The highest BCUT2D eigenvalue weighted by Gasteiger charge is 2.30. The van der Waals surface area contributed by atoms with Crippen molar-refractivity contribution in [3.05, 3.63) is 29.8 Å². The van der Waals surface area contributed by atoms with Crippen LogP contribution in [0.15, 0.2) is 29.3 Å². The van der Waals surface area contributed by atoms with Crippen molar-refractivity contribution in [2.24, 2.45) is 4.99 Å². The Morgan fingerprint density at radius 1 is 1.22 bits per heavy atom. The van der Waals surface area contributed by atoms with Crippen LogP contribution in [0.4, 0.5) is 0 Å². The number of hydrogen-bond acceptors (Lipinski definition) is 4. The minimum Gasteiger partial charge on any atom is -0.497 e. The molecule has 1 aromatic rings. The van der Waals surface area contributed by atoms with Crippen LogP contribution in [0.1, 0.15) is 19.4 Å². The number of methoxy groups -OCH3 is 1. The molecule has 2 N–H and O–H groups in total. The number of nitrogens with one attached hydrogen (secondary N) is 2. The molecule has 0 amide bonds. The third-order valence-electron chi connectivity index (χ3n) is 3.53. The molecule has 23 heavy (non-hydrogen) atoms. The molecule has 1 aromatic carbocycles. The fourth-order valence-corrected chi connectivity index (χ4v) is 1.91. The van der Waals surface area contributed by atoms with Gasteiger partial charge in [-0.05, 0) is 31.5 Å². The van der Waals surface area contributed by atoms with Gasteiger partial charge in [0.25, 0.3) is 0 Å². The summed E-state index contributed by atoms with van der Waals surface area (Å²) in [5, 5.41) is 6.19. The molecule has 6 nitrogen and oxygen atoms in total. The highest BCUT2D eigenvalue weighted by molar-refractivity contribution is 14.0. The number of sulfone groups is 1. The molecule has 0 radical (unpaired) electrons. The number of benzene rings is 1. The minimum absolute atomic E-state index is 0. The quantitative estimate of drug-likeness (QED) is 0.389. The standard InChI is InChI=1S/C15H25N3O3S.HI/c1-15(2,22(5,19)20)11-18-14(16-3)17-10-12-6-8-13(21-4)9-7-12;/h6-9H,10-11H2,1-5H3,(H2,16,17,18);1H. The van der Waals surface area contributed by atoms with Gasteiger partial charge in [-0.15, -0.1) is 24.0 Å². The first-order valence-corrected chi connectivity index (χ1v) is 8.86. The monoisotopic (exact) mass is 455 g/mol. The molecule has 1 rings (SSSR count). The Morgan fingerprint density at radius 3 is 2.22 bits per heavy atom. The van der Waals surface area contributed by atoms with E-state index in [1.54, 1.807) is 28.0 Å². The number of aliphatic imine (C=N–C) groups is 1. The first-order chi connectivity index (χ1) is 10.2. The van der Waals surface area contributed by atoms with E-state index in [-0.39, 0.29) is 30.5 Å². The average molecular weight is 455 g/mol. The van der Waals surface area contributed by atoms with E-state index in [4.69, 9.17) is 4.74 Å². The first kappa shape index (κ1) is 22.0. The van der Waals surface area contributed by atoms with Crippen LogP contribution >= 0.6 is 24.0 Å². The predicted molar refractivity (Wildman–Crippen MR) is 106 cm³/mol. The number of halogens is 1. The summed E-state index contributed by atoms with van der Waals surface area (Å²) in [7, 11) is 0.137. The number of nitrogens with zero attached hydrogens (tertiary/aromatic N) is 1. The summed E-state index contributed by atoms with van der Waals surface area (Å²) in [4.78, 5) is 4.10. The SMILES string of the molecule is CN=C(NCc1ccc(OC)cc1)NCC(C)(C)S(C)(=O)=O.I. The molecule has 0 unspecified atom stereocenters. The Kier molecular flexibility index (Phi) is 8.89. The van der Waals surface area contributed by atoms with Gasteiger partial charge in [0.15, 0.2) is 15.8 Å². The molecule has 0 saturated heterocycles. The van der Waals surface area contributed by atoms with Crippen LogP contribution in [0.3, 0.4) is 0 Å². The van der Waals surface area contributed by atoms with Crippen molar-refractivity contribution in [2.75, 3.05) is 27.0 Å². The zero-order chi connectivity index (χ0) is 16.8. The lowest BCUT2D eigenvalue weighted by atomic mass is 10.2. The van der Waals surface area contributed by atoms with Gasteiger partial charge in [-0.1, -0.05) is 12.1 Å². The maximum Gasteiger partial charge on any atom is 0.191 e. The summed E-state index contributed by atoms with van der Waals surface area (Å²) in [5.74, 6) is 1.37. The molecule has 0 aliphatic heterocycles. The maximum atomic E-state index is 11.7. The third-order valence-corrected chi connectivity index (χ3v) is 5.68. The van der Waals surface area contributed by atoms with Crippen LogP contribution in [0.5, 0.6) is 5.75 Å². The van der Waals surface area contributed by atoms with Crippen molar-refractivity contribution in [3.63, 3.8) is 0 Å². The van der Waals surface area contributed by atoms with Gasteiger partial charge in [-0.3, -0.25) is 4.99 Å². The summed E-state index contributed by atoms with van der Waals surface area (Å²) in [5.41, 5.74) is 1.08. The lowest BCUT2D eigenvalue weighted by molar-refractivity contribution is 0.414. The molecule has 0 spiro atoms. The van der Waals surface area contributed by atoms with E-state index in [2.05, 4.69) is 15.6 Å². The topological polar surface area (TPSA) is 79.8 Å². The lowest BCUT2D eigenvalue weighted by Crippen LogP contribution is -2.47. The molecule has 0 saturated carbocycles. The van der Waals surface area contributed by atoms with E-state index < -0.39 is 14.6 Å². The third kappa shape index (κ3) is 6.94. The second-order valence-corrected chi connectivity index (χ2v) is 8.31. The summed E-state index contributed by atoms with van der Waals surface area (Å²) in [6, 6.07) is 7.69. The molecule has 8 heteroatoms. The van der Waals surface area contributed by atoms with Gasteiger partial charge in [0.2, 0.25) is 0 Å². The highest BCUT2D eigenvalue weighted by atomic mass is 127. The predicted octanol–water partition coefficient (Wildman–Crippen LogP) is 1.80. The maximum absolute atomic E-state index is 11.7. The Bertz CT molecular complexity index is 613. The lowest BCUT2D eigenvalue weighted by Gasteiger charge is -2.24. The largest absolute Gasteiger partial charge is 0.497 e. The second-order valence-electron chi connectivity index (χ2n) is 5.66. The Labute approximate surface area is 156 Å². The molecule has 0 atom stereocenters. The molecule has 132 valence electrons. The summed E-state index contributed by atoms with van der Waals surface area (Å²) >= 11 is 0. The molecule has 0 aromatic heterocycles. The molecule has 0 fully saturated rings. The minimum atomic E-state index is -3.14. The van der Waals surface area contributed by atoms with Gasteiger partial charge in [0.05, 0.1) is 11.9 Å². The van der Waals surface area contributed by atoms with Crippen LogP contribution in [-0.2, 0) is 16.4 Å². The average Bonchev–Trinajstić information content (AvgIpc) is 2.46. The van der Waals surface area contributed by atoms with Gasteiger partial charge < -0.3 is 15.4 Å². The van der Waals surface area contributed by atoms with Crippen LogP contribution in [0, 0.1) is 0 Å². The fraction of sp³-hybridized carbons (Fsp3) is 0.533. The number of rotatable bonds is 6. The van der Waals surface area contributed by atoms with Crippen molar-refractivity contribution >= 4 is 39.8 Å². The van der Waals surface area contributed by atoms with E-state index >= 15 is 0 Å². The van der Waals surface area contributed by atoms with Gasteiger partial charge in [-0.2, -0.15) is 0 Å². The van der Waals surface area contributed by atoms with Gasteiger partial charge in [0, 0.05) is 26.4 Å². The highest BCUT2D eigenvalue weighted by Crippen LogP contribution is 2.13. The van der Waals surface area contributed by atoms with Gasteiger partial charge in [0.1, 0.15) is 5.75 Å². The Balaban J connectivity index is 0.00000484. The Hall–Kier alpha value is -1.03. The van der Waals surface area contributed by atoms with E-state index in [1.807, 2.05) is 24.3 Å². The number of hydrogen-bond donors (Lipinski definition) is 2. The Morgan fingerprint density at radius 2 is 1.78 bits per heavy atom. The first-order valence-electron chi connectivity index (χ1n) is 6.96. The van der Waals surface area contributed by atoms with Crippen LogP contribution in [0.25, 0.3) is 0 Å². The molecule has 0 aliphatic carbocycles. The van der Waals surface area contributed by atoms with Crippen molar-refractivity contribution in [1.29, 1.82) is 0 Å². The van der Waals surface area contributed by atoms with E-state index in [0.717, 1.165) is 11.3 Å². The molecule has 0 heterocycles. The zero-order valence-corrected chi connectivity index (χ0v) is 17.4. The van der Waals surface area contributed by atoms with Gasteiger partial charge in [-0.25, -0.2) is 8.42 Å². The van der Waals surface area contributed by atoms with Crippen LogP contribution in [-0.4, -0.2) is 46.1 Å². The normalized spacial score (nSPS) is 12.3. The van der Waals surface area contributed by atoms with Crippen molar-refractivity contribution in [2.45, 2.75) is 25.1 Å². The summed E-state index contributed by atoms with van der Waals surface area (Å²) < 4.78 is 27.6. The molecular weight excluding hydrogens is 429 g/mol. The molecule has 0 aliphatic rings. The van der Waals surface area contributed by atoms with Crippen molar-refractivity contribution in [1.82, 2.24) is 10.6 Å². The summed E-state index contributed by atoms with van der Waals surface area (Å²) in [6.45, 7) is 4.25. The van der Waals surface area contributed by atoms with Crippen LogP contribution < -0.4 is 15.4 Å². The van der Waals surface area contributed by atoms with E-state index in [1.165, 1.54) is 6.26 Å². The van der Waals surface area contributed by atoms with E-state index in [0.29, 0.717) is 12.5 Å². The smallest absolute Gasteiger partial charge is 0.191 e. The number of guanidine groups is 1. The van der Waals surface area contributed by atoms with Gasteiger partial charge >= 0.3 is 0 Å². The van der Waals surface area contributed by atoms with Crippen LogP contribution in [0.2, 0.25) is 0 Å². The second kappa shape index (κ2) is 9.31. The number of ether oxygens (including phenoxy) is 1. The zero-order valence-electron chi connectivity index (χ0n) is 14.2. The van der Waals surface area contributed by atoms with E-state index in [9.17, 15) is 8.42 Å². The fourth-order valence-electron chi connectivity index (χ4n) is 1.58. The molecular formula is C15H26IN3O3S. The van der Waals surface area contributed by atoms with Crippen molar-refractivity contribution in [3.8, 4) is 5.75 Å². The summed E-state index contributed by atoms with van der Waals surface area (Å²) in [6.07, 6.45) is 1.24.